The monoisotopic (exact) mass is 581 g/mol. The number of carbonyl (C=O) groups is 4. The number of thiazole rings is 1. The normalized spacial score (nSPS) is 11.4. The number of carboxylic acids is 2. The SMILES string of the molecule is CC(Sc1cccc(NC(=O)c2ccc(C(=O)O)cc2C(=O)O)c1)C(=O)Nc1nc(-c2ccccc2Cl)cs1. The molecule has 1 aromatic heterocycles. The molecule has 0 aliphatic heterocycles. The van der Waals surface area contributed by atoms with Gasteiger partial charge in [0.2, 0.25) is 5.91 Å². The van der Waals surface area contributed by atoms with Crippen LogP contribution < -0.4 is 10.6 Å². The third kappa shape index (κ3) is 6.82. The van der Waals surface area contributed by atoms with Gasteiger partial charge in [-0.05, 0) is 49.4 Å². The Morgan fingerprint density at radius 3 is 2.41 bits per heavy atom. The van der Waals surface area contributed by atoms with Crippen molar-refractivity contribution in [2.24, 2.45) is 0 Å². The van der Waals surface area contributed by atoms with Crippen LogP contribution in [0.1, 0.15) is 38.0 Å². The van der Waals surface area contributed by atoms with Crippen LogP contribution in [0.2, 0.25) is 5.02 Å². The quantitative estimate of drug-likeness (QED) is 0.170. The molecule has 0 fully saturated rings. The largest absolute Gasteiger partial charge is 0.478 e. The Bertz CT molecular complexity index is 1590. The fraction of sp³-hybridized carbons (Fsp3) is 0.0741. The number of halogens is 1. The number of thioether (sulfide) groups is 1. The van der Waals surface area contributed by atoms with E-state index in [0.29, 0.717) is 26.4 Å². The molecule has 0 saturated carbocycles. The number of amides is 2. The maximum atomic E-state index is 12.8. The van der Waals surface area contributed by atoms with Crippen molar-refractivity contribution in [3.63, 3.8) is 0 Å². The second-order valence-electron chi connectivity index (χ2n) is 8.12. The van der Waals surface area contributed by atoms with Gasteiger partial charge in [0.05, 0.1) is 27.6 Å². The Morgan fingerprint density at radius 2 is 1.69 bits per heavy atom. The van der Waals surface area contributed by atoms with Gasteiger partial charge in [0, 0.05) is 26.5 Å². The minimum absolute atomic E-state index is 0.182. The predicted octanol–water partition coefficient (Wildman–Crippen LogP) is 6.23. The molecule has 3 aromatic carbocycles. The molecule has 1 atom stereocenters. The zero-order chi connectivity index (χ0) is 28.1. The molecule has 0 aliphatic carbocycles. The highest BCUT2D eigenvalue weighted by Gasteiger charge is 2.20. The molecule has 39 heavy (non-hydrogen) atoms. The first-order valence-corrected chi connectivity index (χ1v) is 13.5. The van der Waals surface area contributed by atoms with Gasteiger partial charge < -0.3 is 20.8 Å². The lowest BCUT2D eigenvalue weighted by Crippen LogP contribution is -2.22. The third-order valence-corrected chi connectivity index (χ3v) is 7.58. The Kier molecular flexibility index (Phi) is 8.65. The first-order valence-electron chi connectivity index (χ1n) is 11.3. The number of carboxylic acid groups (broad SMARTS) is 2. The van der Waals surface area contributed by atoms with E-state index in [1.165, 1.54) is 23.1 Å². The number of nitrogens with zero attached hydrogens (tertiary/aromatic N) is 1. The van der Waals surface area contributed by atoms with Gasteiger partial charge in [-0.3, -0.25) is 9.59 Å². The molecular weight excluding hydrogens is 562 g/mol. The van der Waals surface area contributed by atoms with Crippen LogP contribution in [-0.4, -0.2) is 44.2 Å². The molecule has 0 aliphatic rings. The standard InChI is InChI=1S/C27H20ClN3O6S2/c1-14(23(32)31-27-30-22(13-38-27)19-7-2-3-8-21(19)28)39-17-6-4-5-16(12-17)29-24(33)18-10-9-15(25(34)35)11-20(18)26(36)37/h2-14H,1H3,(H,29,33)(H,34,35)(H,36,37)(H,30,31,32). The maximum absolute atomic E-state index is 12.8. The summed E-state index contributed by atoms with van der Waals surface area (Å²) in [5.74, 6) is -3.70. The first-order chi connectivity index (χ1) is 18.6. The minimum atomic E-state index is -1.42. The second-order valence-corrected chi connectivity index (χ2v) is 10.8. The number of anilines is 2. The van der Waals surface area contributed by atoms with E-state index in [2.05, 4.69) is 15.6 Å². The van der Waals surface area contributed by atoms with E-state index < -0.39 is 28.7 Å². The van der Waals surface area contributed by atoms with Gasteiger partial charge in [-0.15, -0.1) is 23.1 Å². The number of benzene rings is 3. The van der Waals surface area contributed by atoms with Crippen molar-refractivity contribution < 1.29 is 29.4 Å². The molecule has 2 amide bonds. The van der Waals surface area contributed by atoms with Crippen molar-refractivity contribution >= 4 is 69.3 Å². The van der Waals surface area contributed by atoms with E-state index in [0.717, 1.165) is 23.8 Å². The fourth-order valence-corrected chi connectivity index (χ4v) is 5.36. The van der Waals surface area contributed by atoms with Gasteiger partial charge in [0.25, 0.3) is 5.91 Å². The number of aromatic carboxylic acids is 2. The summed E-state index contributed by atoms with van der Waals surface area (Å²) in [6.07, 6.45) is 0. The number of rotatable bonds is 9. The first kappa shape index (κ1) is 27.8. The van der Waals surface area contributed by atoms with Gasteiger partial charge in [-0.2, -0.15) is 0 Å². The smallest absolute Gasteiger partial charge is 0.336 e. The van der Waals surface area contributed by atoms with E-state index in [-0.39, 0.29) is 17.0 Å². The average Bonchev–Trinajstić information content (AvgIpc) is 3.36. The summed E-state index contributed by atoms with van der Waals surface area (Å²) >= 11 is 8.78. The van der Waals surface area contributed by atoms with Crippen LogP contribution in [0.15, 0.2) is 77.0 Å². The zero-order valence-electron chi connectivity index (χ0n) is 20.2. The highest BCUT2D eigenvalue weighted by atomic mass is 35.5. The highest BCUT2D eigenvalue weighted by molar-refractivity contribution is 8.00. The number of nitrogens with one attached hydrogen (secondary N) is 2. The molecular formula is C27H20ClN3O6S2. The molecule has 9 nitrogen and oxygen atoms in total. The number of carbonyl (C=O) groups excluding carboxylic acids is 2. The maximum Gasteiger partial charge on any atom is 0.336 e. The van der Waals surface area contributed by atoms with Crippen molar-refractivity contribution in [2.45, 2.75) is 17.1 Å². The van der Waals surface area contributed by atoms with Gasteiger partial charge in [-0.1, -0.05) is 35.9 Å². The van der Waals surface area contributed by atoms with Crippen LogP contribution in [0, 0.1) is 0 Å². The van der Waals surface area contributed by atoms with Crippen molar-refractivity contribution in [2.75, 3.05) is 10.6 Å². The molecule has 0 spiro atoms. The van der Waals surface area contributed by atoms with Crippen LogP contribution in [0.25, 0.3) is 11.3 Å². The molecule has 4 aromatic rings. The zero-order valence-corrected chi connectivity index (χ0v) is 22.6. The summed E-state index contributed by atoms with van der Waals surface area (Å²) in [5.41, 5.74) is 0.952. The van der Waals surface area contributed by atoms with E-state index >= 15 is 0 Å². The Hall–Kier alpha value is -4.19. The van der Waals surface area contributed by atoms with Crippen molar-refractivity contribution in [1.29, 1.82) is 0 Å². The molecule has 198 valence electrons. The lowest BCUT2D eigenvalue weighted by Gasteiger charge is -2.12. The van der Waals surface area contributed by atoms with Gasteiger partial charge in [0.1, 0.15) is 0 Å². The molecule has 0 radical (unpaired) electrons. The Morgan fingerprint density at radius 1 is 0.923 bits per heavy atom. The van der Waals surface area contributed by atoms with Crippen LogP contribution in [0.3, 0.4) is 0 Å². The average molecular weight is 582 g/mol. The molecule has 1 unspecified atom stereocenters. The van der Waals surface area contributed by atoms with Crippen LogP contribution in [0.5, 0.6) is 0 Å². The summed E-state index contributed by atoms with van der Waals surface area (Å²) in [6.45, 7) is 1.73. The third-order valence-electron chi connectivity index (χ3n) is 5.40. The van der Waals surface area contributed by atoms with E-state index in [4.69, 9.17) is 16.7 Å². The summed E-state index contributed by atoms with van der Waals surface area (Å²) in [7, 11) is 0. The van der Waals surface area contributed by atoms with Gasteiger partial charge >= 0.3 is 11.9 Å². The Labute approximate surface area is 235 Å². The van der Waals surface area contributed by atoms with Crippen LogP contribution >= 0.6 is 34.7 Å². The van der Waals surface area contributed by atoms with Crippen molar-refractivity contribution in [3.8, 4) is 11.3 Å². The second kappa shape index (κ2) is 12.1. The summed E-state index contributed by atoms with van der Waals surface area (Å²) < 4.78 is 0. The topological polar surface area (TPSA) is 146 Å². The molecule has 12 heteroatoms. The summed E-state index contributed by atoms with van der Waals surface area (Å²) in [5, 5.41) is 26.3. The highest BCUT2D eigenvalue weighted by Crippen LogP contribution is 2.31. The molecule has 1 heterocycles. The van der Waals surface area contributed by atoms with Crippen LogP contribution in [0.4, 0.5) is 10.8 Å². The van der Waals surface area contributed by atoms with E-state index in [9.17, 15) is 24.3 Å². The minimum Gasteiger partial charge on any atom is -0.478 e. The van der Waals surface area contributed by atoms with E-state index in [1.54, 1.807) is 37.3 Å². The summed E-state index contributed by atoms with van der Waals surface area (Å²) in [6, 6.07) is 17.3. The van der Waals surface area contributed by atoms with E-state index in [1.807, 2.05) is 23.6 Å². The van der Waals surface area contributed by atoms with Crippen LogP contribution in [-0.2, 0) is 4.79 Å². The molecule has 4 rings (SSSR count). The van der Waals surface area contributed by atoms with Gasteiger partial charge in [-0.25, -0.2) is 14.6 Å². The molecule has 4 N–H and O–H groups in total. The molecule has 0 bridgehead atoms. The van der Waals surface area contributed by atoms with Crippen molar-refractivity contribution in [1.82, 2.24) is 4.98 Å². The number of hydrogen-bond donors (Lipinski definition) is 4. The molecule has 0 saturated heterocycles. The number of aromatic nitrogens is 1. The lowest BCUT2D eigenvalue weighted by molar-refractivity contribution is -0.115. The van der Waals surface area contributed by atoms with Crippen molar-refractivity contribution in [3.05, 3.63) is 93.8 Å². The van der Waals surface area contributed by atoms with Gasteiger partial charge in [0.15, 0.2) is 5.13 Å². The number of hydrogen-bond acceptors (Lipinski definition) is 7. The Balaban J connectivity index is 1.41. The lowest BCUT2D eigenvalue weighted by atomic mass is 10.0. The predicted molar refractivity (Wildman–Crippen MR) is 151 cm³/mol. The summed E-state index contributed by atoms with van der Waals surface area (Å²) in [4.78, 5) is 53.5. The fourth-order valence-electron chi connectivity index (χ4n) is 3.49.